The molecule has 2 fully saturated rings. The Morgan fingerprint density at radius 1 is 0.870 bits per heavy atom. The van der Waals surface area contributed by atoms with E-state index >= 15 is 0 Å². The molecule has 0 radical (unpaired) electrons. The Morgan fingerprint density at radius 3 is 1.52 bits per heavy atom. The Labute approximate surface area is 144 Å². The summed E-state index contributed by atoms with van der Waals surface area (Å²) in [5.41, 5.74) is 1.73. The van der Waals surface area contributed by atoms with Gasteiger partial charge in [0.25, 0.3) is 0 Å². The summed E-state index contributed by atoms with van der Waals surface area (Å²) in [6.45, 7) is 11.4. The van der Waals surface area contributed by atoms with E-state index in [0.717, 1.165) is 11.1 Å². The molecule has 2 saturated heterocycles. The molecule has 0 spiro atoms. The summed E-state index contributed by atoms with van der Waals surface area (Å²) < 4.78 is 49.1. The zero-order chi connectivity index (χ0) is 17.4. The van der Waals surface area contributed by atoms with Crippen LogP contribution in [0.15, 0.2) is 24.3 Å². The average Bonchev–Trinajstić information content (AvgIpc) is 2.82. The van der Waals surface area contributed by atoms with Gasteiger partial charge in [-0.15, -0.1) is 13.2 Å². The molecule has 4 atom stereocenters. The van der Waals surface area contributed by atoms with Crippen molar-refractivity contribution in [2.75, 3.05) is 11.5 Å². The maximum Gasteiger partial charge on any atom is 0.154 e. The first kappa shape index (κ1) is 19.1. The summed E-state index contributed by atoms with van der Waals surface area (Å²) in [6, 6.07) is 0. The van der Waals surface area contributed by atoms with Gasteiger partial charge < -0.3 is 0 Å². The molecule has 0 amide bonds. The van der Waals surface area contributed by atoms with Crippen molar-refractivity contribution in [3.63, 3.8) is 0 Å². The first-order valence-electron chi connectivity index (χ1n) is 7.90. The van der Waals surface area contributed by atoms with Gasteiger partial charge in [-0.1, -0.05) is 11.1 Å². The van der Waals surface area contributed by atoms with Crippen LogP contribution in [-0.2, 0) is 19.7 Å². The minimum atomic E-state index is -3.09. The van der Waals surface area contributed by atoms with E-state index in [4.69, 9.17) is 0 Å². The molecule has 0 bridgehead atoms. The summed E-state index contributed by atoms with van der Waals surface area (Å²) in [5.74, 6) is 0.403. The average molecular weight is 379 g/mol. The molecule has 0 aromatic heterocycles. The summed E-state index contributed by atoms with van der Waals surface area (Å²) in [5, 5.41) is -0.886. The smallest absolute Gasteiger partial charge is 0.154 e. The van der Waals surface area contributed by atoms with Gasteiger partial charge in [0.05, 0.1) is 22.0 Å². The second-order valence-electron chi connectivity index (χ2n) is 6.92. The molecule has 0 aliphatic carbocycles. The lowest BCUT2D eigenvalue weighted by atomic mass is 10.1. The predicted octanol–water partition coefficient (Wildman–Crippen LogP) is 2.76. The Bertz CT molecular complexity index is 631. The second-order valence-corrected chi connectivity index (χ2v) is 13.1. The van der Waals surface area contributed by atoms with Crippen LogP contribution < -0.4 is 0 Å². The fraction of sp³-hybridized carbons (Fsp3) is 0.750. The SMILES string of the molecule is C=C(C)CC1C(SC2CCS(=O)(=O)C2CC(=C)C)CCS1(=O)=O. The highest BCUT2D eigenvalue weighted by Gasteiger charge is 2.46. The zero-order valence-electron chi connectivity index (χ0n) is 13.8. The summed E-state index contributed by atoms with van der Waals surface area (Å²) in [4.78, 5) is 0. The van der Waals surface area contributed by atoms with Crippen molar-refractivity contribution in [2.45, 2.75) is 60.5 Å². The molecule has 4 nitrogen and oxygen atoms in total. The van der Waals surface area contributed by atoms with Crippen molar-refractivity contribution in [1.29, 1.82) is 0 Å². The van der Waals surface area contributed by atoms with E-state index in [9.17, 15) is 16.8 Å². The van der Waals surface area contributed by atoms with Crippen molar-refractivity contribution >= 4 is 31.4 Å². The third-order valence-corrected chi connectivity index (χ3v) is 11.2. The van der Waals surface area contributed by atoms with Gasteiger partial charge in [0.2, 0.25) is 0 Å². The van der Waals surface area contributed by atoms with Crippen LogP contribution in [0.1, 0.15) is 39.5 Å². The third-order valence-electron chi connectivity index (χ3n) is 4.57. The van der Waals surface area contributed by atoms with Crippen LogP contribution in [0.4, 0.5) is 0 Å². The minimum absolute atomic E-state index is 0.0254. The second kappa shape index (κ2) is 6.92. The molecule has 2 rings (SSSR count). The van der Waals surface area contributed by atoms with Gasteiger partial charge in [-0.25, -0.2) is 16.8 Å². The molecule has 23 heavy (non-hydrogen) atoms. The largest absolute Gasteiger partial charge is 0.228 e. The summed E-state index contributed by atoms with van der Waals surface area (Å²) >= 11 is 1.58. The first-order valence-corrected chi connectivity index (χ1v) is 12.3. The lowest BCUT2D eigenvalue weighted by Gasteiger charge is -2.25. The lowest BCUT2D eigenvalue weighted by Crippen LogP contribution is -2.30. The molecule has 7 heteroatoms. The highest BCUT2D eigenvalue weighted by molar-refractivity contribution is 8.04. The van der Waals surface area contributed by atoms with E-state index in [1.54, 1.807) is 11.8 Å². The Kier molecular flexibility index (Phi) is 5.74. The molecule has 0 aromatic carbocycles. The van der Waals surface area contributed by atoms with E-state index in [0.29, 0.717) is 25.7 Å². The molecule has 0 aromatic rings. The van der Waals surface area contributed by atoms with Gasteiger partial charge in [-0.2, -0.15) is 11.8 Å². The van der Waals surface area contributed by atoms with Crippen LogP contribution in [0.3, 0.4) is 0 Å². The molecule has 4 unspecified atom stereocenters. The predicted molar refractivity (Wildman–Crippen MR) is 98.4 cm³/mol. The van der Waals surface area contributed by atoms with Gasteiger partial charge in [-0.3, -0.25) is 0 Å². The van der Waals surface area contributed by atoms with Crippen LogP contribution in [0.25, 0.3) is 0 Å². The molecule has 2 heterocycles. The van der Waals surface area contributed by atoms with E-state index in [2.05, 4.69) is 13.2 Å². The Morgan fingerprint density at radius 2 is 1.22 bits per heavy atom. The van der Waals surface area contributed by atoms with Crippen LogP contribution in [0.2, 0.25) is 0 Å². The number of rotatable bonds is 6. The van der Waals surface area contributed by atoms with Crippen molar-refractivity contribution in [1.82, 2.24) is 0 Å². The third kappa shape index (κ3) is 4.42. The maximum absolute atomic E-state index is 12.3. The van der Waals surface area contributed by atoms with E-state index in [-0.39, 0.29) is 22.0 Å². The van der Waals surface area contributed by atoms with Gasteiger partial charge >= 0.3 is 0 Å². The van der Waals surface area contributed by atoms with Crippen LogP contribution in [-0.4, -0.2) is 49.3 Å². The number of sulfone groups is 2. The Hall–Kier alpha value is -0.270. The number of hydrogen-bond donors (Lipinski definition) is 0. The Balaban J connectivity index is 2.16. The molecule has 2 aliphatic heterocycles. The molecule has 0 N–H and O–H groups in total. The normalized spacial score (nSPS) is 35.2. The number of allylic oxidation sites excluding steroid dienone is 2. The van der Waals surface area contributed by atoms with Gasteiger partial charge in [0.15, 0.2) is 19.7 Å². The summed E-state index contributed by atoms with van der Waals surface area (Å²) in [7, 11) is -6.18. The van der Waals surface area contributed by atoms with Crippen molar-refractivity contribution in [3.8, 4) is 0 Å². The standard InChI is InChI=1S/C16H26O4S3/c1-11(2)9-15-13(5-7-22(15,17)18)21-14-6-8-23(19,20)16(14)10-12(3)4/h13-16H,1,3,5-10H2,2,4H3. The van der Waals surface area contributed by atoms with Gasteiger partial charge in [-0.05, 0) is 39.5 Å². The molecular formula is C16H26O4S3. The number of hydrogen-bond acceptors (Lipinski definition) is 5. The number of thioether (sulfide) groups is 1. The fourth-order valence-electron chi connectivity index (χ4n) is 3.44. The van der Waals surface area contributed by atoms with E-state index < -0.39 is 30.2 Å². The molecular weight excluding hydrogens is 352 g/mol. The van der Waals surface area contributed by atoms with E-state index in [1.807, 2.05) is 13.8 Å². The first-order chi connectivity index (χ1) is 10.5. The topological polar surface area (TPSA) is 68.3 Å². The van der Waals surface area contributed by atoms with Crippen molar-refractivity contribution in [2.24, 2.45) is 0 Å². The zero-order valence-corrected chi connectivity index (χ0v) is 16.3. The van der Waals surface area contributed by atoms with Crippen LogP contribution in [0, 0.1) is 0 Å². The molecule has 0 saturated carbocycles. The van der Waals surface area contributed by atoms with Crippen LogP contribution >= 0.6 is 11.8 Å². The summed E-state index contributed by atoms with van der Waals surface area (Å²) in [6.07, 6.45) is 2.18. The maximum atomic E-state index is 12.3. The fourth-order valence-corrected chi connectivity index (χ4v) is 10.7. The quantitative estimate of drug-likeness (QED) is 0.665. The highest BCUT2D eigenvalue weighted by atomic mass is 32.2. The lowest BCUT2D eigenvalue weighted by molar-refractivity contribution is 0.588. The minimum Gasteiger partial charge on any atom is -0.228 e. The van der Waals surface area contributed by atoms with Crippen LogP contribution in [0.5, 0.6) is 0 Å². The van der Waals surface area contributed by atoms with Gasteiger partial charge in [0, 0.05) is 10.5 Å². The van der Waals surface area contributed by atoms with Gasteiger partial charge in [0.1, 0.15) is 0 Å². The molecule has 2 aliphatic rings. The van der Waals surface area contributed by atoms with Crippen molar-refractivity contribution < 1.29 is 16.8 Å². The molecule has 132 valence electrons. The van der Waals surface area contributed by atoms with Crippen molar-refractivity contribution in [3.05, 3.63) is 24.3 Å². The highest BCUT2D eigenvalue weighted by Crippen LogP contribution is 2.42. The van der Waals surface area contributed by atoms with E-state index in [1.165, 1.54) is 0 Å². The monoisotopic (exact) mass is 378 g/mol.